The lowest BCUT2D eigenvalue weighted by molar-refractivity contribution is 0.252. The van der Waals surface area contributed by atoms with Crippen molar-refractivity contribution in [1.29, 1.82) is 0 Å². The lowest BCUT2D eigenvalue weighted by Gasteiger charge is -2.37. The predicted octanol–water partition coefficient (Wildman–Crippen LogP) is 2.95. The number of nitrogens with zero attached hydrogens (tertiary/aromatic N) is 1. The highest BCUT2D eigenvalue weighted by atomic mass is 14.8. The van der Waals surface area contributed by atoms with Gasteiger partial charge in [0.25, 0.3) is 0 Å². The summed E-state index contributed by atoms with van der Waals surface area (Å²) in [5.74, 6) is 1.53. The van der Waals surface area contributed by atoms with Crippen molar-refractivity contribution in [2.45, 2.75) is 18.8 Å². The van der Waals surface area contributed by atoms with Crippen LogP contribution in [-0.2, 0) is 0 Å². The standard InChI is InChI=1S/C15H18N2/c1-16-9-12-5-6-13(12)15-4-2-3-11-10-17-8-7-14(11)15/h2-4,7-8,10,12-13,16H,5-6,9H2,1H3. The zero-order valence-corrected chi connectivity index (χ0v) is 10.2. The second-order valence-electron chi connectivity index (χ2n) is 4.95. The summed E-state index contributed by atoms with van der Waals surface area (Å²) >= 11 is 0. The first kappa shape index (κ1) is 10.7. The van der Waals surface area contributed by atoms with E-state index in [2.05, 4.69) is 34.6 Å². The van der Waals surface area contributed by atoms with E-state index in [4.69, 9.17) is 0 Å². The lowest BCUT2D eigenvalue weighted by atomic mass is 9.69. The molecule has 0 spiro atoms. The smallest absolute Gasteiger partial charge is 0.0346 e. The summed E-state index contributed by atoms with van der Waals surface area (Å²) in [7, 11) is 2.04. The zero-order valence-electron chi connectivity index (χ0n) is 10.2. The molecule has 0 aliphatic heterocycles. The average Bonchev–Trinajstić information content (AvgIpc) is 2.35. The molecule has 0 saturated heterocycles. The molecule has 17 heavy (non-hydrogen) atoms. The molecule has 1 saturated carbocycles. The molecule has 2 nitrogen and oxygen atoms in total. The molecule has 1 aliphatic carbocycles. The van der Waals surface area contributed by atoms with Gasteiger partial charge in [-0.1, -0.05) is 18.2 Å². The zero-order chi connectivity index (χ0) is 11.7. The van der Waals surface area contributed by atoms with Crippen molar-refractivity contribution < 1.29 is 0 Å². The Morgan fingerprint density at radius 3 is 3.00 bits per heavy atom. The Bertz CT molecular complexity index is 516. The summed E-state index contributed by atoms with van der Waals surface area (Å²) in [6, 6.07) is 8.75. The van der Waals surface area contributed by atoms with Crippen molar-refractivity contribution >= 4 is 10.8 Å². The fourth-order valence-electron chi connectivity index (χ4n) is 2.96. The molecule has 2 heteroatoms. The van der Waals surface area contributed by atoms with Crippen LogP contribution in [0.3, 0.4) is 0 Å². The van der Waals surface area contributed by atoms with E-state index >= 15 is 0 Å². The van der Waals surface area contributed by atoms with Gasteiger partial charge in [0.15, 0.2) is 0 Å². The minimum Gasteiger partial charge on any atom is -0.319 e. The molecule has 2 unspecified atom stereocenters. The monoisotopic (exact) mass is 226 g/mol. The molecule has 1 fully saturated rings. The number of aromatic nitrogens is 1. The Morgan fingerprint density at radius 1 is 1.29 bits per heavy atom. The quantitative estimate of drug-likeness (QED) is 0.870. The molecule has 1 aliphatic rings. The maximum atomic E-state index is 4.20. The van der Waals surface area contributed by atoms with E-state index in [0.717, 1.165) is 18.4 Å². The Balaban J connectivity index is 2.00. The van der Waals surface area contributed by atoms with Crippen molar-refractivity contribution in [1.82, 2.24) is 10.3 Å². The number of nitrogens with one attached hydrogen (secondary N) is 1. The third-order valence-electron chi connectivity index (χ3n) is 4.00. The van der Waals surface area contributed by atoms with Gasteiger partial charge in [0.2, 0.25) is 0 Å². The molecule has 1 aromatic carbocycles. The van der Waals surface area contributed by atoms with Crippen molar-refractivity contribution in [2.75, 3.05) is 13.6 Å². The highest BCUT2D eigenvalue weighted by molar-refractivity contribution is 5.85. The van der Waals surface area contributed by atoms with Crippen molar-refractivity contribution in [3.63, 3.8) is 0 Å². The number of fused-ring (bicyclic) bond motifs is 1. The Hall–Kier alpha value is -1.41. The van der Waals surface area contributed by atoms with E-state index < -0.39 is 0 Å². The van der Waals surface area contributed by atoms with Crippen LogP contribution in [0.4, 0.5) is 0 Å². The number of pyridine rings is 1. The summed E-state index contributed by atoms with van der Waals surface area (Å²) in [6.07, 6.45) is 6.54. The van der Waals surface area contributed by atoms with Crippen LogP contribution in [0, 0.1) is 5.92 Å². The summed E-state index contributed by atoms with van der Waals surface area (Å²) in [5, 5.41) is 5.95. The number of hydrogen-bond acceptors (Lipinski definition) is 2. The van der Waals surface area contributed by atoms with E-state index in [0.29, 0.717) is 0 Å². The van der Waals surface area contributed by atoms with Crippen molar-refractivity contribution in [2.24, 2.45) is 5.92 Å². The molecular formula is C15H18N2. The molecule has 0 radical (unpaired) electrons. The van der Waals surface area contributed by atoms with Gasteiger partial charge in [-0.15, -0.1) is 0 Å². The van der Waals surface area contributed by atoms with Gasteiger partial charge in [0.05, 0.1) is 0 Å². The second kappa shape index (κ2) is 4.46. The van der Waals surface area contributed by atoms with Crippen LogP contribution >= 0.6 is 0 Å². The van der Waals surface area contributed by atoms with Gasteiger partial charge in [-0.2, -0.15) is 0 Å². The molecule has 2 atom stereocenters. The van der Waals surface area contributed by atoms with Crippen LogP contribution in [0.15, 0.2) is 36.7 Å². The minimum absolute atomic E-state index is 0.730. The van der Waals surface area contributed by atoms with Crippen LogP contribution in [0.5, 0.6) is 0 Å². The highest BCUT2D eigenvalue weighted by Gasteiger charge is 2.32. The Labute approximate surface area is 102 Å². The van der Waals surface area contributed by atoms with E-state index in [1.165, 1.54) is 29.2 Å². The maximum absolute atomic E-state index is 4.20. The third-order valence-corrected chi connectivity index (χ3v) is 4.00. The number of rotatable bonds is 3. The normalized spacial score (nSPS) is 23.6. The van der Waals surface area contributed by atoms with Gasteiger partial charge in [-0.25, -0.2) is 0 Å². The van der Waals surface area contributed by atoms with E-state index in [-0.39, 0.29) is 0 Å². The predicted molar refractivity (Wildman–Crippen MR) is 71.1 cm³/mol. The summed E-state index contributed by atoms with van der Waals surface area (Å²) in [6.45, 7) is 1.13. The van der Waals surface area contributed by atoms with Gasteiger partial charge >= 0.3 is 0 Å². The Morgan fingerprint density at radius 2 is 2.24 bits per heavy atom. The second-order valence-corrected chi connectivity index (χ2v) is 4.95. The molecule has 1 heterocycles. The van der Waals surface area contributed by atoms with Crippen LogP contribution in [0.25, 0.3) is 10.8 Å². The molecule has 1 N–H and O–H groups in total. The largest absolute Gasteiger partial charge is 0.319 e. The first-order chi connectivity index (χ1) is 8.40. The summed E-state index contributed by atoms with van der Waals surface area (Å²) in [5.41, 5.74) is 1.51. The van der Waals surface area contributed by atoms with Crippen LogP contribution in [0.2, 0.25) is 0 Å². The van der Waals surface area contributed by atoms with Crippen LogP contribution < -0.4 is 5.32 Å². The van der Waals surface area contributed by atoms with E-state index in [1.54, 1.807) is 0 Å². The summed E-state index contributed by atoms with van der Waals surface area (Å²) < 4.78 is 0. The van der Waals surface area contributed by atoms with Gasteiger partial charge in [0, 0.05) is 17.8 Å². The van der Waals surface area contributed by atoms with Crippen molar-refractivity contribution in [3.05, 3.63) is 42.2 Å². The summed E-state index contributed by atoms with van der Waals surface area (Å²) in [4.78, 5) is 4.20. The molecule has 1 aromatic heterocycles. The molecular weight excluding hydrogens is 208 g/mol. The average molecular weight is 226 g/mol. The van der Waals surface area contributed by atoms with Gasteiger partial charge in [0.1, 0.15) is 0 Å². The fourth-order valence-corrected chi connectivity index (χ4v) is 2.96. The number of benzene rings is 1. The molecule has 88 valence electrons. The van der Waals surface area contributed by atoms with Gasteiger partial charge in [-0.3, -0.25) is 4.98 Å². The first-order valence-electron chi connectivity index (χ1n) is 6.37. The third kappa shape index (κ3) is 1.83. The highest BCUT2D eigenvalue weighted by Crippen LogP contribution is 2.44. The molecule has 3 rings (SSSR count). The van der Waals surface area contributed by atoms with Crippen molar-refractivity contribution in [3.8, 4) is 0 Å². The molecule has 0 amide bonds. The van der Waals surface area contributed by atoms with E-state index in [9.17, 15) is 0 Å². The topological polar surface area (TPSA) is 24.9 Å². The maximum Gasteiger partial charge on any atom is 0.0346 e. The van der Waals surface area contributed by atoms with E-state index in [1.807, 2.05) is 19.4 Å². The molecule has 0 bridgehead atoms. The lowest BCUT2D eigenvalue weighted by Crippen LogP contribution is -2.32. The Kier molecular flexibility index (Phi) is 2.81. The number of hydrogen-bond donors (Lipinski definition) is 1. The van der Waals surface area contributed by atoms with Crippen LogP contribution in [0.1, 0.15) is 24.3 Å². The minimum atomic E-state index is 0.730. The van der Waals surface area contributed by atoms with Gasteiger partial charge < -0.3 is 5.32 Å². The first-order valence-corrected chi connectivity index (χ1v) is 6.37. The molecule has 2 aromatic rings. The SMILES string of the molecule is CNCC1CCC1c1cccc2cnccc12. The van der Waals surface area contributed by atoms with Gasteiger partial charge in [-0.05, 0) is 55.3 Å². The fraction of sp³-hybridized carbons (Fsp3) is 0.400. The van der Waals surface area contributed by atoms with Crippen LogP contribution in [-0.4, -0.2) is 18.6 Å².